The average Bonchev–Trinajstić information content (AvgIpc) is 2.96. The van der Waals surface area contributed by atoms with Crippen molar-refractivity contribution in [1.29, 1.82) is 0 Å². The summed E-state index contributed by atoms with van der Waals surface area (Å²) in [5, 5.41) is 5.72. The van der Waals surface area contributed by atoms with Crippen LogP contribution in [0.4, 0.5) is 5.13 Å². The number of hydrogen-bond acceptors (Lipinski definition) is 5. The lowest BCUT2D eigenvalue weighted by Gasteiger charge is -1.95. The van der Waals surface area contributed by atoms with Crippen LogP contribution in [0.2, 0.25) is 0 Å². The van der Waals surface area contributed by atoms with Gasteiger partial charge in [-0.3, -0.25) is 4.79 Å². The summed E-state index contributed by atoms with van der Waals surface area (Å²) in [5.74, 6) is 0.0784. The molecule has 1 aromatic heterocycles. The van der Waals surface area contributed by atoms with Gasteiger partial charge in [0.15, 0.2) is 5.13 Å². The van der Waals surface area contributed by atoms with Gasteiger partial charge in [0, 0.05) is 28.2 Å². The van der Waals surface area contributed by atoms with Crippen molar-refractivity contribution in [1.82, 2.24) is 4.98 Å². The number of carbonyl (C=O) groups is 1. The van der Waals surface area contributed by atoms with Gasteiger partial charge in [-0.05, 0) is 12.1 Å². The molecule has 1 N–H and O–H groups in total. The van der Waals surface area contributed by atoms with Crippen LogP contribution >= 0.6 is 23.1 Å². The number of thiazole rings is 1. The van der Waals surface area contributed by atoms with E-state index in [1.54, 1.807) is 12.4 Å². The van der Waals surface area contributed by atoms with E-state index in [1.165, 1.54) is 23.1 Å². The van der Waals surface area contributed by atoms with E-state index in [9.17, 15) is 4.79 Å². The van der Waals surface area contributed by atoms with E-state index < -0.39 is 0 Å². The molecule has 0 radical (unpaired) electrons. The lowest BCUT2D eigenvalue weighted by Crippen LogP contribution is -1.96. The lowest BCUT2D eigenvalue weighted by molar-refractivity contribution is 0.104. The summed E-state index contributed by atoms with van der Waals surface area (Å²) < 4.78 is 0. The van der Waals surface area contributed by atoms with Crippen LogP contribution in [-0.2, 0) is 0 Å². The second kappa shape index (κ2) is 4.35. The topological polar surface area (TPSA) is 42.0 Å². The maximum absolute atomic E-state index is 12.0. The molecule has 1 aliphatic heterocycles. The molecule has 5 heteroatoms. The van der Waals surface area contributed by atoms with E-state index in [0.717, 1.165) is 15.6 Å². The summed E-state index contributed by atoms with van der Waals surface area (Å²) >= 11 is 3.00. The van der Waals surface area contributed by atoms with E-state index in [4.69, 9.17) is 0 Å². The first-order chi connectivity index (χ1) is 8.34. The third-order valence-electron chi connectivity index (χ3n) is 2.33. The number of carbonyl (C=O) groups excluding carboxylic acids is 1. The monoisotopic (exact) mass is 260 g/mol. The molecule has 1 aromatic carbocycles. The molecule has 17 heavy (non-hydrogen) atoms. The van der Waals surface area contributed by atoms with Gasteiger partial charge < -0.3 is 5.32 Å². The number of thioether (sulfide) groups is 1. The van der Waals surface area contributed by atoms with Gasteiger partial charge in [-0.15, -0.1) is 11.3 Å². The number of benzene rings is 1. The fourth-order valence-electron chi connectivity index (χ4n) is 1.56. The first kappa shape index (κ1) is 10.6. The van der Waals surface area contributed by atoms with Crippen molar-refractivity contribution in [3.05, 3.63) is 52.5 Å². The lowest BCUT2D eigenvalue weighted by atomic mass is 10.1. The van der Waals surface area contributed by atoms with Crippen LogP contribution < -0.4 is 5.32 Å². The van der Waals surface area contributed by atoms with Crippen molar-refractivity contribution < 1.29 is 4.79 Å². The molecule has 0 saturated heterocycles. The number of ketones is 1. The van der Waals surface area contributed by atoms with Crippen molar-refractivity contribution in [2.45, 2.75) is 4.90 Å². The van der Waals surface area contributed by atoms with Crippen LogP contribution in [0.5, 0.6) is 0 Å². The van der Waals surface area contributed by atoms with E-state index in [-0.39, 0.29) is 5.78 Å². The number of aromatic nitrogens is 1. The number of anilines is 1. The highest BCUT2D eigenvalue weighted by Crippen LogP contribution is 2.39. The Morgan fingerprint density at radius 3 is 2.94 bits per heavy atom. The largest absolute Gasteiger partial charge is 0.337 e. The van der Waals surface area contributed by atoms with Crippen LogP contribution in [0.15, 0.2) is 51.8 Å². The number of allylic oxidation sites excluding steroid dienone is 1. The highest BCUT2D eigenvalue weighted by Gasteiger charge is 2.25. The Bertz CT molecular complexity index is 590. The number of hydrogen-bond donors (Lipinski definition) is 1. The molecule has 3 nitrogen and oxygen atoms in total. The molecular formula is C12H8N2OS2. The number of fused-ring (bicyclic) bond motifs is 1. The standard InChI is InChI=1S/C12H8N2OS2/c15-11-8-3-1-2-4-9(8)17-10(11)7-14-12-13-5-6-16-12/h1-7H,(H,13,14)/b10-7-. The second-order valence-corrected chi connectivity index (χ2v) is 5.40. The zero-order chi connectivity index (χ0) is 11.7. The van der Waals surface area contributed by atoms with E-state index >= 15 is 0 Å². The molecule has 0 atom stereocenters. The molecule has 2 heterocycles. The molecule has 1 aliphatic rings. The van der Waals surface area contributed by atoms with Crippen molar-refractivity contribution >= 4 is 34.0 Å². The predicted octanol–water partition coefficient (Wildman–Crippen LogP) is 3.39. The quantitative estimate of drug-likeness (QED) is 0.840. The van der Waals surface area contributed by atoms with Crippen molar-refractivity contribution in [3.8, 4) is 0 Å². The molecule has 0 saturated carbocycles. The Balaban J connectivity index is 1.84. The van der Waals surface area contributed by atoms with Crippen molar-refractivity contribution in [2.24, 2.45) is 0 Å². The van der Waals surface area contributed by atoms with Gasteiger partial charge in [0.05, 0.1) is 4.91 Å². The van der Waals surface area contributed by atoms with Crippen molar-refractivity contribution in [2.75, 3.05) is 5.32 Å². The fraction of sp³-hybridized carbons (Fsp3) is 0. The van der Waals surface area contributed by atoms with Gasteiger partial charge in [0.2, 0.25) is 5.78 Å². The minimum Gasteiger partial charge on any atom is -0.337 e. The van der Waals surface area contributed by atoms with Crippen LogP contribution in [0.1, 0.15) is 10.4 Å². The van der Waals surface area contributed by atoms with E-state index in [0.29, 0.717) is 4.91 Å². The van der Waals surface area contributed by atoms with E-state index in [2.05, 4.69) is 10.3 Å². The summed E-state index contributed by atoms with van der Waals surface area (Å²) in [4.78, 5) is 17.8. The Hall–Kier alpha value is -1.59. The van der Waals surface area contributed by atoms with Crippen LogP contribution in [-0.4, -0.2) is 10.8 Å². The molecule has 0 aliphatic carbocycles. The molecule has 0 fully saturated rings. The van der Waals surface area contributed by atoms with E-state index in [1.807, 2.05) is 29.6 Å². The Morgan fingerprint density at radius 1 is 1.29 bits per heavy atom. The SMILES string of the molecule is O=C1/C(=C/Nc2nccs2)Sc2ccccc21. The summed E-state index contributed by atoms with van der Waals surface area (Å²) in [6, 6.07) is 7.64. The highest BCUT2D eigenvalue weighted by molar-refractivity contribution is 8.04. The number of rotatable bonds is 2. The first-order valence-electron chi connectivity index (χ1n) is 5.02. The minimum absolute atomic E-state index is 0.0784. The van der Waals surface area contributed by atoms with Crippen molar-refractivity contribution in [3.63, 3.8) is 0 Å². The summed E-state index contributed by atoms with van der Waals surface area (Å²) in [6.07, 6.45) is 3.45. The molecule has 2 aromatic rings. The summed E-state index contributed by atoms with van der Waals surface area (Å²) in [7, 11) is 0. The highest BCUT2D eigenvalue weighted by atomic mass is 32.2. The molecule has 0 amide bonds. The van der Waals surface area contributed by atoms with Gasteiger partial charge >= 0.3 is 0 Å². The Morgan fingerprint density at radius 2 is 2.18 bits per heavy atom. The van der Waals surface area contributed by atoms with Gasteiger partial charge in [0.25, 0.3) is 0 Å². The van der Waals surface area contributed by atoms with Crippen LogP contribution in [0.3, 0.4) is 0 Å². The zero-order valence-corrected chi connectivity index (χ0v) is 10.3. The van der Waals surface area contributed by atoms with Crippen LogP contribution in [0.25, 0.3) is 0 Å². The molecule has 0 spiro atoms. The van der Waals surface area contributed by atoms with Gasteiger partial charge in [-0.1, -0.05) is 23.9 Å². The maximum Gasteiger partial charge on any atom is 0.202 e. The summed E-state index contributed by atoms with van der Waals surface area (Å²) in [6.45, 7) is 0. The molecule has 84 valence electrons. The Kier molecular flexibility index (Phi) is 2.70. The third-order valence-corrected chi connectivity index (χ3v) is 4.14. The second-order valence-electron chi connectivity index (χ2n) is 3.42. The normalized spacial score (nSPS) is 16.2. The molecule has 0 bridgehead atoms. The summed E-state index contributed by atoms with van der Waals surface area (Å²) in [5.41, 5.74) is 0.782. The maximum atomic E-state index is 12.0. The van der Waals surface area contributed by atoms with Gasteiger partial charge in [-0.25, -0.2) is 4.98 Å². The number of Topliss-reactive ketones (excluding diaryl/α,β-unsaturated/α-hetero) is 1. The predicted molar refractivity (Wildman–Crippen MR) is 70.4 cm³/mol. The average molecular weight is 260 g/mol. The van der Waals surface area contributed by atoms with Gasteiger partial charge in [0.1, 0.15) is 0 Å². The van der Waals surface area contributed by atoms with Crippen LogP contribution in [0, 0.1) is 0 Å². The van der Waals surface area contributed by atoms with Gasteiger partial charge in [-0.2, -0.15) is 0 Å². The minimum atomic E-state index is 0.0784. The number of nitrogens with zero attached hydrogens (tertiary/aromatic N) is 1. The molecular weight excluding hydrogens is 252 g/mol. The zero-order valence-electron chi connectivity index (χ0n) is 8.71. The third kappa shape index (κ3) is 1.99. The fourth-order valence-corrected chi connectivity index (χ4v) is 3.03. The molecule has 0 unspecified atom stereocenters. The first-order valence-corrected chi connectivity index (χ1v) is 6.72. The Labute approximate surface area is 107 Å². The molecule has 3 rings (SSSR count). The number of nitrogens with one attached hydrogen (secondary N) is 1. The smallest absolute Gasteiger partial charge is 0.202 e.